The van der Waals surface area contributed by atoms with Crippen LogP contribution in [0.2, 0.25) is 0 Å². The first-order valence-electron chi connectivity index (χ1n) is 7.60. The predicted molar refractivity (Wildman–Crippen MR) is 91.6 cm³/mol. The third-order valence-corrected chi connectivity index (χ3v) is 3.07. The van der Waals surface area contributed by atoms with Gasteiger partial charge in [0, 0.05) is 30.5 Å². The lowest BCUT2D eigenvalue weighted by atomic mass is 10.1. The number of carbonyl (C=O) groups is 3. The van der Waals surface area contributed by atoms with Gasteiger partial charge in [-0.05, 0) is 38.1 Å². The van der Waals surface area contributed by atoms with Crippen molar-refractivity contribution in [2.45, 2.75) is 13.8 Å². The van der Waals surface area contributed by atoms with Crippen LogP contribution < -0.4 is 11.1 Å². The largest absolute Gasteiger partial charge is 0.449 e. The quantitative estimate of drug-likeness (QED) is 0.440. The molecular formula is C17H20N4O4. The minimum atomic E-state index is -0.695. The van der Waals surface area contributed by atoms with E-state index in [0.717, 1.165) is 11.1 Å². The fourth-order valence-electron chi connectivity index (χ4n) is 1.83. The summed E-state index contributed by atoms with van der Waals surface area (Å²) < 4.78 is 4.85. The average Bonchev–Trinajstić information content (AvgIpc) is 2.59. The molecule has 25 heavy (non-hydrogen) atoms. The molecule has 1 rings (SSSR count). The van der Waals surface area contributed by atoms with Crippen molar-refractivity contribution in [2.75, 3.05) is 25.0 Å². The van der Waals surface area contributed by atoms with E-state index in [4.69, 9.17) is 10.5 Å². The van der Waals surface area contributed by atoms with Crippen molar-refractivity contribution in [2.24, 2.45) is 5.73 Å². The second kappa shape index (κ2) is 9.85. The highest BCUT2D eigenvalue weighted by atomic mass is 16.6. The molecule has 0 saturated carbocycles. The van der Waals surface area contributed by atoms with E-state index in [0.29, 0.717) is 11.3 Å². The van der Waals surface area contributed by atoms with Crippen molar-refractivity contribution in [1.82, 2.24) is 4.90 Å². The Morgan fingerprint density at radius 3 is 2.44 bits per heavy atom. The van der Waals surface area contributed by atoms with Crippen LogP contribution in [0.25, 0.3) is 0 Å². The maximum absolute atomic E-state index is 12.2. The summed E-state index contributed by atoms with van der Waals surface area (Å²) in [5.41, 5.74) is 6.07. The van der Waals surface area contributed by atoms with Crippen LogP contribution in [0, 0.1) is 11.3 Å². The Hall–Kier alpha value is -3.18. The zero-order valence-corrected chi connectivity index (χ0v) is 14.1. The molecule has 0 heterocycles. The van der Waals surface area contributed by atoms with Crippen molar-refractivity contribution in [3.05, 3.63) is 41.6 Å². The van der Waals surface area contributed by atoms with Crippen LogP contribution in [0.15, 0.2) is 36.0 Å². The lowest BCUT2D eigenvalue weighted by Gasteiger charge is -2.17. The molecule has 0 saturated heterocycles. The maximum Gasteiger partial charge on any atom is 0.413 e. The standard InChI is InChI=1S/C17H20N4O4/c1-3-25-17(24)21(9-8-18)11-14(10-19)16(23)20-15-6-4-13(5-7-15)12(2)22/h4-7,11H,3,8-9,18H2,1-2H3,(H,20,23)/b14-11-. The van der Waals surface area contributed by atoms with Crippen LogP contribution in [-0.4, -0.2) is 42.4 Å². The molecule has 0 radical (unpaired) electrons. The van der Waals surface area contributed by atoms with E-state index >= 15 is 0 Å². The first kappa shape index (κ1) is 19.9. The summed E-state index contributed by atoms with van der Waals surface area (Å²) >= 11 is 0. The highest BCUT2D eigenvalue weighted by Crippen LogP contribution is 2.12. The molecule has 2 amide bonds. The van der Waals surface area contributed by atoms with Crippen LogP contribution >= 0.6 is 0 Å². The summed E-state index contributed by atoms with van der Waals surface area (Å²) in [7, 11) is 0. The molecule has 1 aromatic carbocycles. The molecule has 0 spiro atoms. The van der Waals surface area contributed by atoms with Crippen LogP contribution in [-0.2, 0) is 9.53 Å². The first-order valence-corrected chi connectivity index (χ1v) is 7.60. The number of carbonyl (C=O) groups excluding carboxylic acids is 3. The van der Waals surface area contributed by atoms with Gasteiger partial charge in [0.1, 0.15) is 11.6 Å². The van der Waals surface area contributed by atoms with E-state index in [1.165, 1.54) is 6.92 Å². The number of benzene rings is 1. The number of nitrogens with two attached hydrogens (primary N) is 1. The van der Waals surface area contributed by atoms with Gasteiger partial charge in [0.2, 0.25) is 0 Å². The van der Waals surface area contributed by atoms with Gasteiger partial charge in [0.05, 0.1) is 6.61 Å². The summed E-state index contributed by atoms with van der Waals surface area (Å²) in [4.78, 5) is 36.3. The maximum atomic E-state index is 12.2. The number of Topliss-reactive ketones (excluding diaryl/α,β-unsaturated/α-hetero) is 1. The molecule has 0 fully saturated rings. The Bertz CT molecular complexity index is 704. The van der Waals surface area contributed by atoms with E-state index in [1.807, 2.05) is 0 Å². The summed E-state index contributed by atoms with van der Waals surface area (Å²) in [6.45, 7) is 3.48. The van der Waals surface area contributed by atoms with E-state index in [2.05, 4.69) is 5.32 Å². The zero-order valence-electron chi connectivity index (χ0n) is 14.1. The van der Waals surface area contributed by atoms with E-state index < -0.39 is 12.0 Å². The highest BCUT2D eigenvalue weighted by molar-refractivity contribution is 6.07. The van der Waals surface area contributed by atoms with E-state index in [9.17, 15) is 19.6 Å². The molecular weight excluding hydrogens is 324 g/mol. The molecule has 0 aliphatic heterocycles. The number of nitrogens with zero attached hydrogens (tertiary/aromatic N) is 2. The van der Waals surface area contributed by atoms with Crippen molar-refractivity contribution in [1.29, 1.82) is 5.26 Å². The SMILES string of the molecule is CCOC(=O)N(/C=C(/C#N)C(=O)Nc1ccc(C(C)=O)cc1)CCN. The van der Waals surface area contributed by atoms with Crippen LogP contribution in [0.1, 0.15) is 24.2 Å². The van der Waals surface area contributed by atoms with E-state index in [-0.39, 0.29) is 31.1 Å². The van der Waals surface area contributed by atoms with Gasteiger partial charge in [0.15, 0.2) is 5.78 Å². The number of hydrogen-bond donors (Lipinski definition) is 2. The molecule has 0 aliphatic rings. The molecule has 132 valence electrons. The number of nitrogens with one attached hydrogen (secondary N) is 1. The number of ether oxygens (including phenoxy) is 1. The second-order valence-corrected chi connectivity index (χ2v) is 4.92. The molecule has 0 unspecified atom stereocenters. The van der Waals surface area contributed by atoms with Gasteiger partial charge in [-0.1, -0.05) is 0 Å². The number of hydrogen-bond acceptors (Lipinski definition) is 6. The Kier molecular flexibility index (Phi) is 7.82. The first-order chi connectivity index (χ1) is 11.9. The lowest BCUT2D eigenvalue weighted by molar-refractivity contribution is -0.112. The highest BCUT2D eigenvalue weighted by Gasteiger charge is 2.16. The van der Waals surface area contributed by atoms with Crippen molar-refractivity contribution in [3.8, 4) is 6.07 Å². The van der Waals surface area contributed by atoms with Crippen LogP contribution in [0.5, 0.6) is 0 Å². The second-order valence-electron chi connectivity index (χ2n) is 4.92. The summed E-state index contributed by atoms with van der Waals surface area (Å²) in [6, 6.07) is 7.96. The number of anilines is 1. The van der Waals surface area contributed by atoms with E-state index in [1.54, 1.807) is 37.3 Å². The summed E-state index contributed by atoms with van der Waals surface area (Å²) in [6.07, 6.45) is 0.406. The third-order valence-electron chi connectivity index (χ3n) is 3.07. The van der Waals surface area contributed by atoms with Gasteiger partial charge in [0.25, 0.3) is 5.91 Å². The minimum Gasteiger partial charge on any atom is -0.449 e. The molecule has 0 aliphatic carbocycles. The molecule has 0 bridgehead atoms. The number of rotatable bonds is 7. The lowest BCUT2D eigenvalue weighted by Crippen LogP contribution is -2.32. The third kappa shape index (κ3) is 6.08. The van der Waals surface area contributed by atoms with Crippen LogP contribution in [0.3, 0.4) is 0 Å². The Balaban J connectivity index is 2.92. The Morgan fingerprint density at radius 2 is 1.96 bits per heavy atom. The Labute approximate surface area is 145 Å². The molecule has 0 atom stereocenters. The summed E-state index contributed by atoms with van der Waals surface area (Å²) in [5, 5.41) is 11.7. The fourth-order valence-corrected chi connectivity index (χ4v) is 1.83. The molecule has 8 heteroatoms. The van der Waals surface area contributed by atoms with Gasteiger partial charge in [-0.3, -0.25) is 14.5 Å². The smallest absolute Gasteiger partial charge is 0.413 e. The van der Waals surface area contributed by atoms with Crippen molar-refractivity contribution < 1.29 is 19.1 Å². The Morgan fingerprint density at radius 1 is 1.32 bits per heavy atom. The molecule has 3 N–H and O–H groups in total. The zero-order chi connectivity index (χ0) is 18.8. The molecule has 8 nitrogen and oxygen atoms in total. The van der Waals surface area contributed by atoms with Gasteiger partial charge in [-0.15, -0.1) is 0 Å². The van der Waals surface area contributed by atoms with Gasteiger partial charge >= 0.3 is 6.09 Å². The number of ketones is 1. The van der Waals surface area contributed by atoms with Gasteiger partial charge in [-0.2, -0.15) is 5.26 Å². The van der Waals surface area contributed by atoms with Crippen LogP contribution in [0.4, 0.5) is 10.5 Å². The van der Waals surface area contributed by atoms with Crippen molar-refractivity contribution in [3.63, 3.8) is 0 Å². The van der Waals surface area contributed by atoms with Gasteiger partial charge < -0.3 is 15.8 Å². The topological polar surface area (TPSA) is 126 Å². The molecule has 1 aromatic rings. The molecule has 0 aromatic heterocycles. The van der Waals surface area contributed by atoms with Crippen molar-refractivity contribution >= 4 is 23.5 Å². The number of nitriles is 1. The monoisotopic (exact) mass is 344 g/mol. The number of amides is 2. The normalized spacial score (nSPS) is 10.6. The minimum absolute atomic E-state index is 0.0950. The fraction of sp³-hybridized carbons (Fsp3) is 0.294. The summed E-state index contributed by atoms with van der Waals surface area (Å²) in [5.74, 6) is -0.785. The van der Waals surface area contributed by atoms with Gasteiger partial charge in [-0.25, -0.2) is 4.79 Å². The predicted octanol–water partition coefficient (Wildman–Crippen LogP) is 1.65. The average molecular weight is 344 g/mol.